The highest BCUT2D eigenvalue weighted by molar-refractivity contribution is 9.10. The van der Waals surface area contributed by atoms with Crippen LogP contribution in [0.1, 0.15) is 10.4 Å². The number of amides is 1. The summed E-state index contributed by atoms with van der Waals surface area (Å²) in [6, 6.07) is 11.7. The van der Waals surface area contributed by atoms with Gasteiger partial charge in [-0.25, -0.2) is 0 Å². The summed E-state index contributed by atoms with van der Waals surface area (Å²) in [5.41, 5.74) is 0.756. The van der Waals surface area contributed by atoms with E-state index in [2.05, 4.69) is 21.2 Å². The fourth-order valence-corrected chi connectivity index (χ4v) is 1.96. The molecule has 4 nitrogen and oxygen atoms in total. The van der Waals surface area contributed by atoms with Gasteiger partial charge in [0.25, 0.3) is 5.91 Å². The van der Waals surface area contributed by atoms with Crippen LogP contribution in [0.5, 0.6) is 11.5 Å². The number of methoxy groups -OCH3 is 1. The van der Waals surface area contributed by atoms with Crippen molar-refractivity contribution >= 4 is 27.5 Å². The van der Waals surface area contributed by atoms with Gasteiger partial charge in [0.15, 0.2) is 0 Å². The van der Waals surface area contributed by atoms with Crippen LogP contribution < -0.4 is 10.1 Å². The Morgan fingerprint density at radius 3 is 2.68 bits per heavy atom. The Labute approximate surface area is 119 Å². The van der Waals surface area contributed by atoms with Gasteiger partial charge in [-0.1, -0.05) is 28.1 Å². The average molecular weight is 322 g/mol. The van der Waals surface area contributed by atoms with Crippen molar-refractivity contribution in [1.29, 1.82) is 0 Å². The Morgan fingerprint density at radius 1 is 1.26 bits per heavy atom. The van der Waals surface area contributed by atoms with Crippen LogP contribution in [0.15, 0.2) is 46.9 Å². The first-order chi connectivity index (χ1) is 9.11. The van der Waals surface area contributed by atoms with Gasteiger partial charge in [0.05, 0.1) is 18.4 Å². The minimum Gasteiger partial charge on any atom is -0.506 e. The maximum Gasteiger partial charge on any atom is 0.259 e. The second-order valence-electron chi connectivity index (χ2n) is 3.82. The Balaban J connectivity index is 2.28. The highest BCUT2D eigenvalue weighted by Gasteiger charge is 2.13. The number of carbonyl (C=O) groups excluding carboxylic acids is 1. The van der Waals surface area contributed by atoms with Crippen LogP contribution in [0, 0.1) is 0 Å². The summed E-state index contributed by atoms with van der Waals surface area (Å²) in [7, 11) is 1.50. The van der Waals surface area contributed by atoms with Crippen LogP contribution >= 0.6 is 15.9 Å². The van der Waals surface area contributed by atoms with E-state index in [0.29, 0.717) is 17.0 Å². The number of carbonyl (C=O) groups is 1. The number of phenolic OH excluding ortho intramolecular Hbond substituents is 1. The zero-order valence-corrected chi connectivity index (χ0v) is 11.8. The third-order valence-corrected chi connectivity index (χ3v) is 3.05. The zero-order chi connectivity index (χ0) is 13.8. The molecule has 0 bridgehead atoms. The molecule has 0 saturated heterocycles. The number of hydrogen-bond acceptors (Lipinski definition) is 3. The lowest BCUT2D eigenvalue weighted by atomic mass is 10.2. The van der Waals surface area contributed by atoms with E-state index in [-0.39, 0.29) is 11.7 Å². The Kier molecular flexibility index (Phi) is 4.06. The Bertz CT molecular complexity index is 613. The first kappa shape index (κ1) is 13.4. The van der Waals surface area contributed by atoms with Gasteiger partial charge in [-0.2, -0.15) is 0 Å². The van der Waals surface area contributed by atoms with E-state index in [1.807, 2.05) is 0 Å². The molecule has 1 amide bonds. The number of ether oxygens (including phenoxy) is 1. The minimum atomic E-state index is -0.342. The summed E-state index contributed by atoms with van der Waals surface area (Å²) in [5, 5.41) is 12.3. The topological polar surface area (TPSA) is 58.6 Å². The van der Waals surface area contributed by atoms with Gasteiger partial charge in [-0.05, 0) is 30.3 Å². The smallest absolute Gasteiger partial charge is 0.259 e. The SMILES string of the molecule is COc1cc(Br)ccc1C(=O)Nc1ccccc1O. The van der Waals surface area contributed by atoms with Crippen molar-refractivity contribution < 1.29 is 14.6 Å². The molecule has 2 N–H and O–H groups in total. The van der Waals surface area contributed by atoms with Gasteiger partial charge in [-0.3, -0.25) is 4.79 Å². The fraction of sp³-hybridized carbons (Fsp3) is 0.0714. The lowest BCUT2D eigenvalue weighted by Crippen LogP contribution is -2.13. The zero-order valence-electron chi connectivity index (χ0n) is 10.2. The van der Waals surface area contributed by atoms with Crippen molar-refractivity contribution in [2.24, 2.45) is 0 Å². The maximum atomic E-state index is 12.1. The van der Waals surface area contributed by atoms with E-state index in [4.69, 9.17) is 4.74 Å². The molecule has 2 aromatic carbocycles. The molecule has 0 aromatic heterocycles. The summed E-state index contributed by atoms with van der Waals surface area (Å²) in [6.07, 6.45) is 0. The molecule has 0 aliphatic heterocycles. The number of hydrogen-bond donors (Lipinski definition) is 2. The molecule has 98 valence electrons. The standard InChI is InChI=1S/C14H12BrNO3/c1-19-13-8-9(15)6-7-10(13)14(18)16-11-4-2-3-5-12(11)17/h2-8,17H,1H3,(H,16,18). The number of phenols is 1. The summed E-state index contributed by atoms with van der Waals surface area (Å²) in [6.45, 7) is 0. The number of anilines is 1. The number of nitrogens with one attached hydrogen (secondary N) is 1. The average Bonchev–Trinajstić information content (AvgIpc) is 2.41. The van der Waals surface area contributed by atoms with Crippen molar-refractivity contribution in [3.63, 3.8) is 0 Å². The first-order valence-corrected chi connectivity index (χ1v) is 6.34. The summed E-state index contributed by atoms with van der Waals surface area (Å²) < 4.78 is 5.98. The molecule has 0 unspecified atom stereocenters. The molecular weight excluding hydrogens is 310 g/mol. The number of rotatable bonds is 3. The second kappa shape index (κ2) is 5.75. The van der Waals surface area contributed by atoms with Gasteiger partial charge in [0.1, 0.15) is 11.5 Å². The summed E-state index contributed by atoms with van der Waals surface area (Å²) in [5.74, 6) is 0.139. The van der Waals surface area contributed by atoms with Crippen molar-refractivity contribution in [1.82, 2.24) is 0 Å². The monoisotopic (exact) mass is 321 g/mol. The molecule has 2 rings (SSSR count). The minimum absolute atomic E-state index is 0.0203. The van der Waals surface area contributed by atoms with Crippen LogP contribution in [0.25, 0.3) is 0 Å². The highest BCUT2D eigenvalue weighted by atomic mass is 79.9. The molecule has 0 aliphatic rings. The van der Waals surface area contributed by atoms with Gasteiger partial charge >= 0.3 is 0 Å². The highest BCUT2D eigenvalue weighted by Crippen LogP contribution is 2.26. The van der Waals surface area contributed by atoms with E-state index in [1.165, 1.54) is 13.2 Å². The largest absolute Gasteiger partial charge is 0.506 e. The molecule has 0 fully saturated rings. The van der Waals surface area contributed by atoms with Gasteiger partial charge in [0.2, 0.25) is 0 Å². The Hall–Kier alpha value is -2.01. The number of para-hydroxylation sites is 2. The molecule has 5 heteroatoms. The second-order valence-corrected chi connectivity index (χ2v) is 4.73. The first-order valence-electron chi connectivity index (χ1n) is 5.54. The molecule has 0 spiro atoms. The quantitative estimate of drug-likeness (QED) is 0.852. The van der Waals surface area contributed by atoms with Crippen molar-refractivity contribution in [3.8, 4) is 11.5 Å². The molecule has 19 heavy (non-hydrogen) atoms. The molecule has 0 saturated carbocycles. The molecule has 2 aromatic rings. The van der Waals surface area contributed by atoms with E-state index < -0.39 is 0 Å². The van der Waals surface area contributed by atoms with Crippen molar-refractivity contribution in [2.45, 2.75) is 0 Å². The molecule has 0 heterocycles. The van der Waals surface area contributed by atoms with E-state index in [1.54, 1.807) is 36.4 Å². The maximum absolute atomic E-state index is 12.1. The van der Waals surface area contributed by atoms with Crippen molar-refractivity contribution in [2.75, 3.05) is 12.4 Å². The summed E-state index contributed by atoms with van der Waals surface area (Å²) in [4.78, 5) is 12.1. The Morgan fingerprint density at radius 2 is 2.00 bits per heavy atom. The number of halogens is 1. The van der Waals surface area contributed by atoms with Gasteiger partial charge < -0.3 is 15.2 Å². The number of aromatic hydroxyl groups is 1. The predicted molar refractivity (Wildman–Crippen MR) is 76.8 cm³/mol. The fourth-order valence-electron chi connectivity index (χ4n) is 1.62. The molecule has 0 atom stereocenters. The van der Waals surface area contributed by atoms with Crippen LogP contribution in [-0.4, -0.2) is 18.1 Å². The molecular formula is C14H12BrNO3. The van der Waals surface area contributed by atoms with E-state index in [9.17, 15) is 9.90 Å². The molecule has 0 radical (unpaired) electrons. The van der Waals surface area contributed by atoms with Crippen LogP contribution in [0.3, 0.4) is 0 Å². The predicted octanol–water partition coefficient (Wildman–Crippen LogP) is 3.42. The van der Waals surface area contributed by atoms with Gasteiger partial charge in [-0.15, -0.1) is 0 Å². The number of benzene rings is 2. The third-order valence-electron chi connectivity index (χ3n) is 2.56. The normalized spacial score (nSPS) is 10.0. The van der Waals surface area contributed by atoms with Crippen LogP contribution in [0.2, 0.25) is 0 Å². The lowest BCUT2D eigenvalue weighted by Gasteiger charge is -2.10. The lowest BCUT2D eigenvalue weighted by molar-refractivity contribution is 0.102. The van der Waals surface area contributed by atoms with Gasteiger partial charge in [0, 0.05) is 4.47 Å². The van der Waals surface area contributed by atoms with E-state index in [0.717, 1.165) is 4.47 Å². The summed E-state index contributed by atoms with van der Waals surface area (Å²) >= 11 is 3.31. The molecule has 0 aliphatic carbocycles. The van der Waals surface area contributed by atoms with Crippen molar-refractivity contribution in [3.05, 3.63) is 52.5 Å². The van der Waals surface area contributed by atoms with E-state index >= 15 is 0 Å². The third kappa shape index (κ3) is 3.06. The van der Waals surface area contributed by atoms with Crippen LogP contribution in [-0.2, 0) is 0 Å². The van der Waals surface area contributed by atoms with Crippen LogP contribution in [0.4, 0.5) is 5.69 Å².